The van der Waals surface area contributed by atoms with Crippen LogP contribution in [0.15, 0.2) is 39.6 Å². The molecule has 1 aliphatic heterocycles. The molecule has 3 aromatic rings. The Balaban J connectivity index is 1.69. The minimum atomic E-state index is -0.0457. The van der Waals surface area contributed by atoms with Crippen molar-refractivity contribution in [1.29, 1.82) is 0 Å². The number of aromatic nitrogens is 3. The number of benzene rings is 1. The van der Waals surface area contributed by atoms with Gasteiger partial charge in [0, 0.05) is 18.0 Å². The largest absolute Gasteiger partial charge is 0.359 e. The number of aryl methyl sites for hydroxylation is 2. The summed E-state index contributed by atoms with van der Waals surface area (Å²) in [6.07, 6.45) is 2.08. The second-order valence-electron chi connectivity index (χ2n) is 6.42. The van der Waals surface area contributed by atoms with Crippen LogP contribution in [0.5, 0.6) is 0 Å². The first-order valence-corrected chi connectivity index (χ1v) is 8.27. The van der Waals surface area contributed by atoms with Crippen LogP contribution in [0, 0.1) is 13.8 Å². The third-order valence-electron chi connectivity index (χ3n) is 4.71. The molecule has 124 valence electrons. The highest BCUT2D eigenvalue weighted by Crippen LogP contribution is 2.32. The van der Waals surface area contributed by atoms with E-state index in [1.807, 2.05) is 44.2 Å². The molecule has 0 aliphatic carbocycles. The molecule has 2 aromatic heterocycles. The molecule has 0 amide bonds. The normalized spacial score (nSPS) is 18.5. The Kier molecular flexibility index (Phi) is 3.69. The van der Waals surface area contributed by atoms with E-state index in [1.54, 1.807) is 4.68 Å². The van der Waals surface area contributed by atoms with Crippen molar-refractivity contribution in [3.8, 4) is 0 Å². The summed E-state index contributed by atoms with van der Waals surface area (Å²) in [4.78, 5) is 15.0. The van der Waals surface area contributed by atoms with Crippen molar-refractivity contribution in [2.45, 2.75) is 39.4 Å². The maximum atomic E-state index is 12.8. The summed E-state index contributed by atoms with van der Waals surface area (Å²) in [5.41, 5.74) is 1.71. The third-order valence-corrected chi connectivity index (χ3v) is 4.71. The van der Waals surface area contributed by atoms with Gasteiger partial charge in [-0.05, 0) is 32.8 Å². The van der Waals surface area contributed by atoms with Crippen LogP contribution in [0.25, 0.3) is 10.8 Å². The van der Waals surface area contributed by atoms with E-state index < -0.39 is 0 Å². The molecule has 4 rings (SSSR count). The van der Waals surface area contributed by atoms with Gasteiger partial charge < -0.3 is 4.52 Å². The Morgan fingerprint density at radius 3 is 2.79 bits per heavy atom. The average Bonchev–Trinajstić information content (AvgIpc) is 3.21. The summed E-state index contributed by atoms with van der Waals surface area (Å²) < 4.78 is 7.01. The number of rotatable bonds is 3. The minimum absolute atomic E-state index is 0.0457. The van der Waals surface area contributed by atoms with Gasteiger partial charge in [0.05, 0.1) is 29.5 Å². The first-order valence-electron chi connectivity index (χ1n) is 8.27. The standard InChI is InChI=1S/C18H20N4O2/c1-12-10-17(24-20-12)16-8-5-9-21(16)11-22-18(23)15-7-4-3-6-14(15)13(2)19-22/h3-4,6-7,10,16H,5,8-9,11H2,1-2H3/t16-/m1/s1. The zero-order chi connectivity index (χ0) is 16.7. The van der Waals surface area contributed by atoms with E-state index in [-0.39, 0.29) is 11.6 Å². The highest BCUT2D eigenvalue weighted by molar-refractivity contribution is 5.83. The van der Waals surface area contributed by atoms with E-state index in [4.69, 9.17) is 4.52 Å². The van der Waals surface area contributed by atoms with E-state index in [1.165, 1.54) is 0 Å². The first-order chi connectivity index (χ1) is 11.6. The molecule has 0 radical (unpaired) electrons. The van der Waals surface area contributed by atoms with Gasteiger partial charge in [0.2, 0.25) is 0 Å². The van der Waals surface area contributed by atoms with Crippen LogP contribution in [0.2, 0.25) is 0 Å². The van der Waals surface area contributed by atoms with Crippen LogP contribution in [0.3, 0.4) is 0 Å². The predicted octanol–water partition coefficient (Wildman–Crippen LogP) is 2.80. The van der Waals surface area contributed by atoms with Crippen LogP contribution in [0.4, 0.5) is 0 Å². The number of hydrogen-bond acceptors (Lipinski definition) is 5. The number of likely N-dealkylation sites (tertiary alicyclic amines) is 1. The number of hydrogen-bond donors (Lipinski definition) is 0. The smallest absolute Gasteiger partial charge is 0.275 e. The molecule has 1 aromatic carbocycles. The zero-order valence-electron chi connectivity index (χ0n) is 13.9. The Bertz CT molecular complexity index is 944. The fraction of sp³-hybridized carbons (Fsp3) is 0.389. The lowest BCUT2D eigenvalue weighted by molar-refractivity contribution is 0.161. The molecule has 0 unspecified atom stereocenters. The molecule has 24 heavy (non-hydrogen) atoms. The second kappa shape index (κ2) is 5.87. The molecule has 0 bridgehead atoms. The molecule has 0 spiro atoms. The molecule has 1 saturated heterocycles. The Hall–Kier alpha value is -2.47. The van der Waals surface area contributed by atoms with Gasteiger partial charge in [-0.1, -0.05) is 23.4 Å². The average molecular weight is 324 g/mol. The van der Waals surface area contributed by atoms with Gasteiger partial charge in [0.25, 0.3) is 5.56 Å². The molecule has 6 heteroatoms. The van der Waals surface area contributed by atoms with Crippen LogP contribution >= 0.6 is 0 Å². The minimum Gasteiger partial charge on any atom is -0.359 e. The lowest BCUT2D eigenvalue weighted by Gasteiger charge is -2.22. The Morgan fingerprint density at radius 1 is 1.25 bits per heavy atom. The van der Waals surface area contributed by atoms with Gasteiger partial charge in [-0.3, -0.25) is 9.69 Å². The topological polar surface area (TPSA) is 64.2 Å². The van der Waals surface area contributed by atoms with Crippen LogP contribution in [0.1, 0.15) is 36.0 Å². The predicted molar refractivity (Wildman–Crippen MR) is 90.7 cm³/mol. The van der Waals surface area contributed by atoms with Crippen molar-refractivity contribution in [3.63, 3.8) is 0 Å². The second-order valence-corrected chi connectivity index (χ2v) is 6.42. The molecular weight excluding hydrogens is 304 g/mol. The quantitative estimate of drug-likeness (QED) is 0.741. The molecule has 0 saturated carbocycles. The highest BCUT2D eigenvalue weighted by atomic mass is 16.5. The van der Waals surface area contributed by atoms with E-state index in [9.17, 15) is 4.79 Å². The summed E-state index contributed by atoms with van der Waals surface area (Å²) in [5, 5.41) is 10.1. The van der Waals surface area contributed by atoms with E-state index in [0.29, 0.717) is 6.67 Å². The summed E-state index contributed by atoms with van der Waals surface area (Å²) in [5.74, 6) is 0.871. The summed E-state index contributed by atoms with van der Waals surface area (Å²) in [6.45, 7) is 5.25. The van der Waals surface area contributed by atoms with Gasteiger partial charge in [-0.25, -0.2) is 4.68 Å². The van der Waals surface area contributed by atoms with E-state index in [2.05, 4.69) is 15.2 Å². The van der Waals surface area contributed by atoms with Crippen molar-refractivity contribution in [2.75, 3.05) is 6.54 Å². The number of nitrogens with zero attached hydrogens (tertiary/aromatic N) is 4. The Morgan fingerprint density at radius 2 is 2.04 bits per heavy atom. The van der Waals surface area contributed by atoms with Crippen molar-refractivity contribution >= 4 is 10.8 Å². The molecule has 1 aliphatic rings. The zero-order valence-corrected chi connectivity index (χ0v) is 13.9. The highest BCUT2D eigenvalue weighted by Gasteiger charge is 2.29. The summed E-state index contributed by atoms with van der Waals surface area (Å²) in [7, 11) is 0. The van der Waals surface area contributed by atoms with E-state index in [0.717, 1.165) is 47.3 Å². The van der Waals surface area contributed by atoms with Gasteiger partial charge in [0.15, 0.2) is 5.76 Å². The summed E-state index contributed by atoms with van der Waals surface area (Å²) >= 11 is 0. The monoisotopic (exact) mass is 324 g/mol. The maximum Gasteiger partial charge on any atom is 0.275 e. The van der Waals surface area contributed by atoms with Gasteiger partial charge in [-0.2, -0.15) is 5.10 Å². The van der Waals surface area contributed by atoms with Crippen molar-refractivity contribution < 1.29 is 4.52 Å². The van der Waals surface area contributed by atoms with Crippen molar-refractivity contribution in [3.05, 3.63) is 57.8 Å². The SMILES string of the molecule is Cc1cc([C@H]2CCCN2Cn2nc(C)c3ccccc3c2=O)on1. The number of fused-ring (bicyclic) bond motifs is 1. The van der Waals surface area contributed by atoms with Crippen molar-refractivity contribution in [1.82, 2.24) is 19.8 Å². The lowest BCUT2D eigenvalue weighted by atomic mass is 10.1. The van der Waals surface area contributed by atoms with Crippen LogP contribution in [-0.2, 0) is 6.67 Å². The first kappa shape index (κ1) is 15.1. The molecule has 0 N–H and O–H groups in total. The molecule has 3 heterocycles. The van der Waals surface area contributed by atoms with Gasteiger partial charge >= 0.3 is 0 Å². The van der Waals surface area contributed by atoms with Gasteiger partial charge in [0.1, 0.15) is 0 Å². The van der Waals surface area contributed by atoms with Crippen LogP contribution < -0.4 is 5.56 Å². The van der Waals surface area contributed by atoms with Crippen LogP contribution in [-0.4, -0.2) is 26.4 Å². The fourth-order valence-corrected chi connectivity index (χ4v) is 3.53. The van der Waals surface area contributed by atoms with E-state index >= 15 is 0 Å². The lowest BCUT2D eigenvalue weighted by Crippen LogP contribution is -2.34. The summed E-state index contributed by atoms with van der Waals surface area (Å²) in [6, 6.07) is 9.77. The Labute approximate surface area is 139 Å². The molecule has 6 nitrogen and oxygen atoms in total. The fourth-order valence-electron chi connectivity index (χ4n) is 3.53. The molecule has 1 fully saturated rings. The van der Waals surface area contributed by atoms with Crippen molar-refractivity contribution in [2.24, 2.45) is 0 Å². The molecular formula is C18H20N4O2. The maximum absolute atomic E-state index is 12.8. The third kappa shape index (κ3) is 2.53. The molecule has 1 atom stereocenters. The van der Waals surface area contributed by atoms with Gasteiger partial charge in [-0.15, -0.1) is 0 Å².